The predicted molar refractivity (Wildman–Crippen MR) is 48.3 cm³/mol. The first-order valence-corrected chi connectivity index (χ1v) is 4.69. The molecular formula is C10H13F3O2. The fraction of sp³-hybridized carbons (Fsp3) is 0.600. The molecule has 0 saturated heterocycles. The summed E-state index contributed by atoms with van der Waals surface area (Å²) in [6, 6.07) is 3.25. The topological polar surface area (TPSA) is 33.4 Å². The fourth-order valence-corrected chi connectivity index (χ4v) is 1.27. The van der Waals surface area contributed by atoms with Crippen LogP contribution in [0.25, 0.3) is 0 Å². The molecule has 0 aliphatic rings. The first kappa shape index (κ1) is 12.1. The van der Waals surface area contributed by atoms with Crippen molar-refractivity contribution in [1.82, 2.24) is 0 Å². The monoisotopic (exact) mass is 222 g/mol. The largest absolute Gasteiger partial charge is 0.464 e. The molecule has 15 heavy (non-hydrogen) atoms. The average Bonchev–Trinajstić information content (AvgIpc) is 2.49. The van der Waals surface area contributed by atoms with Crippen molar-refractivity contribution in [3.63, 3.8) is 0 Å². The molecule has 0 radical (unpaired) electrons. The predicted octanol–water partition coefficient (Wildman–Crippen LogP) is 3.35. The summed E-state index contributed by atoms with van der Waals surface area (Å²) in [6.07, 6.45) is -6.00. The van der Waals surface area contributed by atoms with Gasteiger partial charge in [0.05, 0.1) is 0 Å². The SMILES string of the molecule is Cc1ccc(C(O)CCCC(F)(F)F)o1. The Morgan fingerprint density at radius 2 is 2.07 bits per heavy atom. The molecule has 1 atom stereocenters. The summed E-state index contributed by atoms with van der Waals surface area (Å²) in [5, 5.41) is 9.47. The lowest BCUT2D eigenvalue weighted by Crippen LogP contribution is -2.07. The molecule has 1 N–H and O–H groups in total. The minimum Gasteiger partial charge on any atom is -0.464 e. The van der Waals surface area contributed by atoms with Crippen molar-refractivity contribution in [3.8, 4) is 0 Å². The molecule has 0 saturated carbocycles. The Labute approximate surface area is 85.7 Å². The van der Waals surface area contributed by atoms with Gasteiger partial charge in [-0.15, -0.1) is 0 Å². The van der Waals surface area contributed by atoms with Gasteiger partial charge in [-0.25, -0.2) is 0 Å². The highest BCUT2D eigenvalue weighted by molar-refractivity contribution is 5.07. The van der Waals surface area contributed by atoms with Crippen LogP contribution in [0.3, 0.4) is 0 Å². The van der Waals surface area contributed by atoms with E-state index in [1.807, 2.05) is 0 Å². The highest BCUT2D eigenvalue weighted by atomic mass is 19.4. The number of alkyl halides is 3. The number of aliphatic hydroxyl groups is 1. The maximum atomic E-state index is 11.8. The summed E-state index contributed by atoms with van der Waals surface area (Å²) in [4.78, 5) is 0. The van der Waals surface area contributed by atoms with Crippen LogP contribution >= 0.6 is 0 Å². The van der Waals surface area contributed by atoms with E-state index in [-0.39, 0.29) is 12.8 Å². The number of hydrogen-bond acceptors (Lipinski definition) is 2. The standard InChI is InChI=1S/C10H13F3O2/c1-7-4-5-9(15-7)8(14)3-2-6-10(11,12)13/h4-5,8,14H,2-3,6H2,1H3. The van der Waals surface area contributed by atoms with Crippen molar-refractivity contribution in [2.75, 3.05) is 0 Å². The second-order valence-electron chi connectivity index (χ2n) is 3.47. The van der Waals surface area contributed by atoms with Crippen LogP contribution in [-0.2, 0) is 0 Å². The van der Waals surface area contributed by atoms with E-state index in [1.54, 1.807) is 19.1 Å². The number of aryl methyl sites for hydroxylation is 1. The van der Waals surface area contributed by atoms with Crippen molar-refractivity contribution in [3.05, 3.63) is 23.7 Å². The van der Waals surface area contributed by atoms with Crippen molar-refractivity contribution < 1.29 is 22.7 Å². The van der Waals surface area contributed by atoms with Gasteiger partial charge in [-0.2, -0.15) is 13.2 Å². The van der Waals surface area contributed by atoms with Gasteiger partial charge in [-0.1, -0.05) is 0 Å². The van der Waals surface area contributed by atoms with E-state index in [0.717, 1.165) is 0 Å². The molecule has 1 aromatic heterocycles. The van der Waals surface area contributed by atoms with Gasteiger partial charge in [-0.3, -0.25) is 0 Å². The minimum atomic E-state index is -4.15. The lowest BCUT2D eigenvalue weighted by molar-refractivity contribution is -0.136. The van der Waals surface area contributed by atoms with Crippen LogP contribution in [0.1, 0.15) is 36.9 Å². The Bertz CT molecular complexity index is 304. The molecule has 1 aromatic rings. The molecule has 86 valence electrons. The Hall–Kier alpha value is -0.970. The van der Waals surface area contributed by atoms with E-state index in [4.69, 9.17) is 4.42 Å². The lowest BCUT2D eigenvalue weighted by atomic mass is 10.1. The van der Waals surface area contributed by atoms with Crippen LogP contribution in [-0.4, -0.2) is 11.3 Å². The van der Waals surface area contributed by atoms with Crippen LogP contribution in [0.5, 0.6) is 0 Å². The molecule has 0 aromatic carbocycles. The molecule has 1 rings (SSSR count). The highest BCUT2D eigenvalue weighted by Gasteiger charge is 2.26. The third-order valence-electron chi connectivity index (χ3n) is 2.03. The van der Waals surface area contributed by atoms with Gasteiger partial charge >= 0.3 is 6.18 Å². The van der Waals surface area contributed by atoms with Crippen molar-refractivity contribution in [1.29, 1.82) is 0 Å². The van der Waals surface area contributed by atoms with Crippen LogP contribution in [0.15, 0.2) is 16.5 Å². The smallest absolute Gasteiger partial charge is 0.389 e. The summed E-state index contributed by atoms with van der Waals surface area (Å²) in [6.45, 7) is 1.71. The Morgan fingerprint density at radius 3 is 2.53 bits per heavy atom. The maximum absolute atomic E-state index is 11.8. The number of halogens is 3. The van der Waals surface area contributed by atoms with E-state index in [9.17, 15) is 18.3 Å². The van der Waals surface area contributed by atoms with Gasteiger partial charge < -0.3 is 9.52 Å². The zero-order valence-corrected chi connectivity index (χ0v) is 8.34. The van der Waals surface area contributed by atoms with Crippen molar-refractivity contribution >= 4 is 0 Å². The van der Waals surface area contributed by atoms with E-state index >= 15 is 0 Å². The summed E-state index contributed by atoms with van der Waals surface area (Å²) < 4.78 is 40.5. The fourth-order valence-electron chi connectivity index (χ4n) is 1.27. The van der Waals surface area contributed by atoms with Gasteiger partial charge in [0.15, 0.2) is 0 Å². The van der Waals surface area contributed by atoms with Crippen molar-refractivity contribution in [2.45, 2.75) is 38.5 Å². The number of hydrogen-bond donors (Lipinski definition) is 1. The second-order valence-corrected chi connectivity index (χ2v) is 3.47. The number of rotatable bonds is 4. The van der Waals surface area contributed by atoms with E-state index < -0.39 is 18.7 Å². The van der Waals surface area contributed by atoms with E-state index in [2.05, 4.69) is 0 Å². The molecule has 0 aliphatic heterocycles. The van der Waals surface area contributed by atoms with Crippen LogP contribution in [0, 0.1) is 6.92 Å². The summed E-state index contributed by atoms with van der Waals surface area (Å²) in [5.74, 6) is 0.967. The number of aliphatic hydroxyl groups excluding tert-OH is 1. The zero-order chi connectivity index (χ0) is 11.5. The molecule has 0 amide bonds. The second kappa shape index (κ2) is 4.70. The quantitative estimate of drug-likeness (QED) is 0.847. The van der Waals surface area contributed by atoms with Crippen LogP contribution < -0.4 is 0 Å². The van der Waals surface area contributed by atoms with E-state index in [0.29, 0.717) is 11.5 Å². The first-order valence-electron chi connectivity index (χ1n) is 4.69. The maximum Gasteiger partial charge on any atom is 0.389 e. The van der Waals surface area contributed by atoms with Crippen LogP contribution in [0.4, 0.5) is 13.2 Å². The Morgan fingerprint density at radius 1 is 1.40 bits per heavy atom. The molecule has 5 heteroatoms. The third-order valence-corrected chi connectivity index (χ3v) is 2.03. The number of furan rings is 1. The molecule has 0 bridgehead atoms. The normalized spacial score (nSPS) is 14.2. The van der Waals surface area contributed by atoms with Gasteiger partial charge in [0, 0.05) is 6.42 Å². The summed E-state index contributed by atoms with van der Waals surface area (Å²) in [5.41, 5.74) is 0. The van der Waals surface area contributed by atoms with Gasteiger partial charge in [-0.05, 0) is 31.9 Å². The summed E-state index contributed by atoms with van der Waals surface area (Å²) in [7, 11) is 0. The van der Waals surface area contributed by atoms with Gasteiger partial charge in [0.25, 0.3) is 0 Å². The molecule has 1 heterocycles. The average molecular weight is 222 g/mol. The molecule has 1 unspecified atom stereocenters. The molecular weight excluding hydrogens is 209 g/mol. The third kappa shape index (κ3) is 4.38. The molecule has 2 nitrogen and oxygen atoms in total. The van der Waals surface area contributed by atoms with Gasteiger partial charge in [0.2, 0.25) is 0 Å². The molecule has 0 spiro atoms. The lowest BCUT2D eigenvalue weighted by Gasteiger charge is -2.09. The van der Waals surface area contributed by atoms with Gasteiger partial charge in [0.1, 0.15) is 17.6 Å². The Balaban J connectivity index is 2.34. The highest BCUT2D eigenvalue weighted by Crippen LogP contribution is 2.26. The summed E-state index contributed by atoms with van der Waals surface area (Å²) >= 11 is 0. The molecule has 0 aliphatic carbocycles. The van der Waals surface area contributed by atoms with Crippen molar-refractivity contribution in [2.24, 2.45) is 0 Å². The zero-order valence-electron chi connectivity index (χ0n) is 8.34. The van der Waals surface area contributed by atoms with E-state index in [1.165, 1.54) is 0 Å². The molecule has 0 fully saturated rings. The first-order chi connectivity index (χ1) is 6.88. The Kier molecular flexibility index (Phi) is 3.79. The minimum absolute atomic E-state index is 0.0620. The van der Waals surface area contributed by atoms with Crippen LogP contribution in [0.2, 0.25) is 0 Å².